The Hall–Kier alpha value is -1.43. The predicted molar refractivity (Wildman–Crippen MR) is 73.7 cm³/mol. The average molecular weight is 281 g/mol. The first kappa shape index (κ1) is 14.0. The molecule has 6 heteroatoms. The quantitative estimate of drug-likeness (QED) is 0.838. The van der Waals surface area contributed by atoms with Crippen molar-refractivity contribution in [2.75, 3.05) is 20.1 Å². The second-order valence-electron chi connectivity index (χ2n) is 5.01. The summed E-state index contributed by atoms with van der Waals surface area (Å²) in [7, 11) is 1.82. The van der Waals surface area contributed by atoms with Crippen molar-refractivity contribution < 1.29 is 9.59 Å². The van der Waals surface area contributed by atoms with Crippen LogP contribution in [0.1, 0.15) is 23.9 Å². The van der Waals surface area contributed by atoms with Gasteiger partial charge in [-0.15, -0.1) is 11.3 Å². The van der Waals surface area contributed by atoms with Crippen LogP contribution in [0.15, 0.2) is 5.51 Å². The summed E-state index contributed by atoms with van der Waals surface area (Å²) in [5, 5.41) is 0. The number of rotatable bonds is 3. The molecule has 0 saturated carbocycles. The lowest BCUT2D eigenvalue weighted by Gasteiger charge is -2.21. The zero-order valence-electron chi connectivity index (χ0n) is 11.5. The molecule has 19 heavy (non-hydrogen) atoms. The smallest absolute Gasteiger partial charge is 0.227 e. The van der Waals surface area contributed by atoms with Gasteiger partial charge in [0.25, 0.3) is 0 Å². The van der Waals surface area contributed by atoms with Crippen molar-refractivity contribution in [2.45, 2.75) is 26.8 Å². The molecule has 1 aliphatic rings. The standard InChI is InChI=1S/C13H19N3O2S/c1-9-12(19-8-14-9)7-15(3)13(18)11-4-5-16(6-11)10(2)17/h8,11H,4-7H2,1-3H3. The molecule has 2 heterocycles. The molecule has 0 radical (unpaired) electrons. The highest BCUT2D eigenvalue weighted by molar-refractivity contribution is 7.09. The van der Waals surface area contributed by atoms with Crippen LogP contribution in [0.5, 0.6) is 0 Å². The molecule has 1 saturated heterocycles. The Labute approximate surface area is 117 Å². The summed E-state index contributed by atoms with van der Waals surface area (Å²) in [5.74, 6) is 0.120. The highest BCUT2D eigenvalue weighted by Crippen LogP contribution is 2.21. The van der Waals surface area contributed by atoms with E-state index >= 15 is 0 Å². The Morgan fingerprint density at radius 3 is 2.84 bits per heavy atom. The lowest BCUT2D eigenvalue weighted by Crippen LogP contribution is -2.35. The Balaban J connectivity index is 1.93. The summed E-state index contributed by atoms with van der Waals surface area (Å²) in [6.45, 7) is 5.36. The maximum atomic E-state index is 12.3. The van der Waals surface area contributed by atoms with Crippen LogP contribution in [-0.4, -0.2) is 46.7 Å². The number of hydrogen-bond acceptors (Lipinski definition) is 4. The average Bonchev–Trinajstić information content (AvgIpc) is 2.98. The minimum absolute atomic E-state index is 0.0521. The molecule has 0 N–H and O–H groups in total. The summed E-state index contributed by atoms with van der Waals surface area (Å²) < 4.78 is 0. The summed E-state index contributed by atoms with van der Waals surface area (Å²) in [6, 6.07) is 0. The van der Waals surface area contributed by atoms with Gasteiger partial charge in [0.1, 0.15) is 0 Å². The number of aryl methyl sites for hydroxylation is 1. The fraction of sp³-hybridized carbons (Fsp3) is 0.615. The Morgan fingerprint density at radius 1 is 1.58 bits per heavy atom. The number of thiazole rings is 1. The van der Waals surface area contributed by atoms with Crippen molar-refractivity contribution in [2.24, 2.45) is 5.92 Å². The number of hydrogen-bond donors (Lipinski definition) is 0. The highest BCUT2D eigenvalue weighted by Gasteiger charge is 2.31. The molecule has 1 aromatic heterocycles. The van der Waals surface area contributed by atoms with Crippen molar-refractivity contribution in [1.29, 1.82) is 0 Å². The van der Waals surface area contributed by atoms with Gasteiger partial charge in [-0.2, -0.15) is 0 Å². The predicted octanol–water partition coefficient (Wildman–Crippen LogP) is 1.28. The fourth-order valence-corrected chi connectivity index (χ4v) is 3.16. The van der Waals surface area contributed by atoms with E-state index in [1.54, 1.807) is 33.6 Å². The van der Waals surface area contributed by atoms with Gasteiger partial charge in [-0.1, -0.05) is 0 Å². The second kappa shape index (κ2) is 5.69. The molecule has 1 fully saturated rings. The molecule has 1 aromatic rings. The van der Waals surface area contributed by atoms with Crippen LogP contribution < -0.4 is 0 Å². The zero-order chi connectivity index (χ0) is 14.0. The largest absolute Gasteiger partial charge is 0.342 e. The van der Waals surface area contributed by atoms with Crippen molar-refractivity contribution >= 4 is 23.2 Å². The van der Waals surface area contributed by atoms with Crippen molar-refractivity contribution in [3.8, 4) is 0 Å². The number of aromatic nitrogens is 1. The van der Waals surface area contributed by atoms with Gasteiger partial charge in [0, 0.05) is 31.9 Å². The molecule has 2 amide bonds. The first-order valence-corrected chi connectivity index (χ1v) is 7.26. The van der Waals surface area contributed by atoms with E-state index in [0.29, 0.717) is 19.6 Å². The molecule has 0 spiro atoms. The van der Waals surface area contributed by atoms with Gasteiger partial charge in [0.2, 0.25) is 11.8 Å². The van der Waals surface area contributed by atoms with Gasteiger partial charge in [0.05, 0.1) is 23.7 Å². The van der Waals surface area contributed by atoms with Gasteiger partial charge in [-0.25, -0.2) is 4.98 Å². The van der Waals surface area contributed by atoms with Gasteiger partial charge in [-0.05, 0) is 13.3 Å². The number of carbonyl (C=O) groups is 2. The third-order valence-electron chi connectivity index (χ3n) is 3.58. The minimum atomic E-state index is -0.0536. The Kier molecular flexibility index (Phi) is 4.19. The van der Waals surface area contributed by atoms with Crippen molar-refractivity contribution in [1.82, 2.24) is 14.8 Å². The van der Waals surface area contributed by atoms with E-state index < -0.39 is 0 Å². The van der Waals surface area contributed by atoms with Gasteiger partial charge in [0.15, 0.2) is 0 Å². The van der Waals surface area contributed by atoms with E-state index in [0.717, 1.165) is 17.0 Å². The normalized spacial score (nSPS) is 18.7. The van der Waals surface area contributed by atoms with Gasteiger partial charge >= 0.3 is 0 Å². The SMILES string of the molecule is CC(=O)N1CCC(C(=O)N(C)Cc2scnc2C)C1. The summed E-state index contributed by atoms with van der Waals surface area (Å²) in [4.78, 5) is 32.4. The molecule has 0 aliphatic carbocycles. The monoisotopic (exact) mass is 281 g/mol. The lowest BCUT2D eigenvalue weighted by molar-refractivity contribution is -0.134. The number of carbonyl (C=O) groups excluding carboxylic acids is 2. The molecule has 0 bridgehead atoms. The number of nitrogens with zero attached hydrogens (tertiary/aromatic N) is 3. The first-order chi connectivity index (χ1) is 8.99. The number of amides is 2. The van der Waals surface area contributed by atoms with Crippen LogP contribution in [0.25, 0.3) is 0 Å². The minimum Gasteiger partial charge on any atom is -0.342 e. The molecular weight excluding hydrogens is 262 g/mol. The van der Waals surface area contributed by atoms with Crippen molar-refractivity contribution in [3.05, 3.63) is 16.1 Å². The molecule has 0 aromatic carbocycles. The van der Waals surface area contributed by atoms with Crippen LogP contribution in [-0.2, 0) is 16.1 Å². The van der Waals surface area contributed by atoms with E-state index in [9.17, 15) is 9.59 Å². The highest BCUT2D eigenvalue weighted by atomic mass is 32.1. The third-order valence-corrected chi connectivity index (χ3v) is 4.50. The molecule has 2 rings (SSSR count). The first-order valence-electron chi connectivity index (χ1n) is 6.38. The second-order valence-corrected chi connectivity index (χ2v) is 5.95. The van der Waals surface area contributed by atoms with Gasteiger partial charge in [-0.3, -0.25) is 9.59 Å². The van der Waals surface area contributed by atoms with Crippen LogP contribution in [0, 0.1) is 12.8 Å². The van der Waals surface area contributed by atoms with Crippen molar-refractivity contribution in [3.63, 3.8) is 0 Å². The van der Waals surface area contributed by atoms with E-state index in [2.05, 4.69) is 4.98 Å². The third kappa shape index (κ3) is 3.12. The Bertz CT molecular complexity index is 486. The molecular formula is C13H19N3O2S. The lowest BCUT2D eigenvalue weighted by atomic mass is 10.1. The summed E-state index contributed by atoms with van der Waals surface area (Å²) >= 11 is 1.57. The van der Waals surface area contributed by atoms with E-state index in [1.165, 1.54) is 0 Å². The van der Waals surface area contributed by atoms with E-state index in [4.69, 9.17) is 0 Å². The Morgan fingerprint density at radius 2 is 2.32 bits per heavy atom. The molecule has 5 nitrogen and oxygen atoms in total. The molecule has 1 aliphatic heterocycles. The number of likely N-dealkylation sites (tertiary alicyclic amines) is 1. The van der Waals surface area contributed by atoms with Crippen LogP contribution in [0.3, 0.4) is 0 Å². The van der Waals surface area contributed by atoms with Crippen LogP contribution >= 0.6 is 11.3 Å². The van der Waals surface area contributed by atoms with E-state index in [-0.39, 0.29) is 17.7 Å². The van der Waals surface area contributed by atoms with Crippen LogP contribution in [0.2, 0.25) is 0 Å². The molecule has 1 atom stereocenters. The van der Waals surface area contributed by atoms with Crippen LogP contribution in [0.4, 0.5) is 0 Å². The van der Waals surface area contributed by atoms with Gasteiger partial charge < -0.3 is 9.80 Å². The molecule has 104 valence electrons. The van der Waals surface area contributed by atoms with E-state index in [1.807, 2.05) is 14.0 Å². The fourth-order valence-electron chi connectivity index (χ4n) is 2.33. The molecule has 1 unspecified atom stereocenters. The maximum Gasteiger partial charge on any atom is 0.227 e. The summed E-state index contributed by atoms with van der Waals surface area (Å²) in [5.41, 5.74) is 2.79. The summed E-state index contributed by atoms with van der Waals surface area (Å²) in [6.07, 6.45) is 0.768. The maximum absolute atomic E-state index is 12.3. The topological polar surface area (TPSA) is 53.5 Å². The zero-order valence-corrected chi connectivity index (χ0v) is 12.4.